The van der Waals surface area contributed by atoms with E-state index in [9.17, 15) is 0 Å². The van der Waals surface area contributed by atoms with E-state index in [-0.39, 0.29) is 6.04 Å². The van der Waals surface area contributed by atoms with Crippen molar-refractivity contribution in [3.63, 3.8) is 0 Å². The summed E-state index contributed by atoms with van der Waals surface area (Å²) in [5.74, 6) is 1.19. The van der Waals surface area contributed by atoms with Crippen LogP contribution in [0.5, 0.6) is 5.75 Å². The van der Waals surface area contributed by atoms with Gasteiger partial charge in [0.1, 0.15) is 11.5 Å². The van der Waals surface area contributed by atoms with Crippen molar-refractivity contribution in [3.05, 3.63) is 127 Å². The summed E-state index contributed by atoms with van der Waals surface area (Å²) in [6.07, 6.45) is 8.21. The highest BCUT2D eigenvalue weighted by molar-refractivity contribution is 5.89. The van der Waals surface area contributed by atoms with Crippen LogP contribution in [0, 0.1) is 0 Å². The SMILES string of the molecule is C=C(Oc1ccccc1N)c1ccc2cc(-c3ccc(C4C=CC=CN4)cc3)ccc2c1. The van der Waals surface area contributed by atoms with Gasteiger partial charge in [0.25, 0.3) is 0 Å². The van der Waals surface area contributed by atoms with Crippen LogP contribution in [0.1, 0.15) is 17.2 Å². The summed E-state index contributed by atoms with van der Waals surface area (Å²) in [5, 5.41) is 5.67. The Bertz CT molecular complexity index is 1350. The predicted octanol–water partition coefficient (Wildman–Crippen LogP) is 6.85. The molecule has 32 heavy (non-hydrogen) atoms. The molecule has 3 N–H and O–H groups in total. The summed E-state index contributed by atoms with van der Waals surface area (Å²) in [5.41, 5.74) is 11.1. The lowest BCUT2D eigenvalue weighted by atomic mass is 9.97. The maximum absolute atomic E-state index is 5.99. The van der Waals surface area contributed by atoms with Crippen molar-refractivity contribution in [3.8, 4) is 16.9 Å². The fourth-order valence-electron chi connectivity index (χ4n) is 3.90. The number of para-hydroxylation sites is 2. The summed E-state index contributed by atoms with van der Waals surface area (Å²) in [7, 11) is 0. The molecular weight excluding hydrogens is 392 g/mol. The highest BCUT2D eigenvalue weighted by atomic mass is 16.5. The van der Waals surface area contributed by atoms with Gasteiger partial charge in [-0.3, -0.25) is 0 Å². The van der Waals surface area contributed by atoms with Crippen molar-refractivity contribution in [2.45, 2.75) is 6.04 Å². The normalized spacial score (nSPS) is 14.8. The summed E-state index contributed by atoms with van der Waals surface area (Å²) in [6, 6.07) is 29.1. The molecule has 0 amide bonds. The molecule has 4 aromatic carbocycles. The third kappa shape index (κ3) is 4.01. The van der Waals surface area contributed by atoms with Crippen LogP contribution in [0.25, 0.3) is 27.7 Å². The number of hydrogen-bond acceptors (Lipinski definition) is 3. The lowest BCUT2D eigenvalue weighted by Crippen LogP contribution is -2.14. The number of dihydropyridines is 1. The average Bonchev–Trinajstić information content (AvgIpc) is 2.85. The molecule has 0 fully saturated rings. The molecule has 0 spiro atoms. The van der Waals surface area contributed by atoms with Gasteiger partial charge < -0.3 is 15.8 Å². The summed E-state index contributed by atoms with van der Waals surface area (Å²) < 4.78 is 5.90. The predicted molar refractivity (Wildman–Crippen MR) is 134 cm³/mol. The fraction of sp³-hybridized carbons (Fsp3) is 0.0345. The molecule has 1 aliphatic heterocycles. The Morgan fingerprint density at radius 2 is 1.56 bits per heavy atom. The first-order valence-corrected chi connectivity index (χ1v) is 10.6. The van der Waals surface area contributed by atoms with Gasteiger partial charge in [-0.15, -0.1) is 0 Å². The number of ether oxygens (including phenoxy) is 1. The van der Waals surface area contributed by atoms with Gasteiger partial charge in [-0.25, -0.2) is 0 Å². The van der Waals surface area contributed by atoms with Gasteiger partial charge in [0, 0.05) is 5.56 Å². The Morgan fingerprint density at radius 3 is 2.34 bits per heavy atom. The molecule has 156 valence electrons. The minimum absolute atomic E-state index is 0.227. The summed E-state index contributed by atoms with van der Waals surface area (Å²) in [4.78, 5) is 0. The van der Waals surface area contributed by atoms with E-state index in [4.69, 9.17) is 10.5 Å². The largest absolute Gasteiger partial charge is 0.455 e. The van der Waals surface area contributed by atoms with Crippen molar-refractivity contribution in [1.29, 1.82) is 0 Å². The van der Waals surface area contributed by atoms with Crippen LogP contribution in [0.4, 0.5) is 5.69 Å². The number of benzene rings is 4. The standard InChI is InChI=1S/C29H24N2O/c1-20(32-29-8-3-2-6-27(29)30)23-13-14-26-19-24(15-16-25(26)18-23)21-9-11-22(12-10-21)28-7-4-5-17-31-28/h2-19,28,31H,1,30H2. The topological polar surface area (TPSA) is 47.3 Å². The number of hydrogen-bond donors (Lipinski definition) is 2. The van der Waals surface area contributed by atoms with E-state index in [1.807, 2.05) is 42.6 Å². The van der Waals surface area contributed by atoms with E-state index in [0.29, 0.717) is 17.2 Å². The number of nitrogen functional groups attached to an aromatic ring is 1. The molecule has 3 nitrogen and oxygen atoms in total. The molecule has 0 aliphatic carbocycles. The molecule has 4 aromatic rings. The molecule has 1 aliphatic rings. The van der Waals surface area contributed by atoms with Crippen LogP contribution in [-0.4, -0.2) is 0 Å². The van der Waals surface area contributed by atoms with E-state index in [1.165, 1.54) is 22.1 Å². The van der Waals surface area contributed by atoms with Crippen LogP contribution in [0.3, 0.4) is 0 Å². The molecule has 1 heterocycles. The van der Waals surface area contributed by atoms with Gasteiger partial charge >= 0.3 is 0 Å². The van der Waals surface area contributed by atoms with Crippen LogP contribution in [-0.2, 0) is 0 Å². The number of nitrogens with one attached hydrogen (secondary N) is 1. The van der Waals surface area contributed by atoms with E-state index in [1.54, 1.807) is 0 Å². The molecule has 1 atom stereocenters. The molecule has 5 rings (SSSR count). The molecule has 1 unspecified atom stereocenters. The summed E-state index contributed by atoms with van der Waals surface area (Å²) in [6.45, 7) is 4.09. The maximum Gasteiger partial charge on any atom is 0.150 e. The molecule has 0 bridgehead atoms. The van der Waals surface area contributed by atoms with Crippen molar-refractivity contribution in [1.82, 2.24) is 5.32 Å². The third-order valence-corrected chi connectivity index (χ3v) is 5.70. The van der Waals surface area contributed by atoms with E-state index in [2.05, 4.69) is 78.6 Å². The molecular formula is C29H24N2O. The van der Waals surface area contributed by atoms with Crippen LogP contribution in [0.2, 0.25) is 0 Å². The highest BCUT2D eigenvalue weighted by Gasteiger charge is 2.09. The van der Waals surface area contributed by atoms with E-state index in [0.717, 1.165) is 10.9 Å². The Kier molecular flexibility index (Phi) is 5.22. The second kappa shape index (κ2) is 8.48. The fourth-order valence-corrected chi connectivity index (χ4v) is 3.90. The lowest BCUT2D eigenvalue weighted by molar-refractivity contribution is 0.519. The Balaban J connectivity index is 1.37. The van der Waals surface area contributed by atoms with Gasteiger partial charge in [0.2, 0.25) is 0 Å². The van der Waals surface area contributed by atoms with Gasteiger partial charge in [0.05, 0.1) is 11.7 Å². The quantitative estimate of drug-likeness (QED) is 0.276. The second-order valence-electron chi connectivity index (χ2n) is 7.85. The van der Waals surface area contributed by atoms with Gasteiger partial charge in [-0.05, 0) is 64.0 Å². The van der Waals surface area contributed by atoms with Crippen LogP contribution in [0.15, 0.2) is 116 Å². The van der Waals surface area contributed by atoms with Crippen LogP contribution < -0.4 is 15.8 Å². The average molecular weight is 417 g/mol. The van der Waals surface area contributed by atoms with E-state index >= 15 is 0 Å². The zero-order valence-electron chi connectivity index (χ0n) is 17.7. The zero-order chi connectivity index (χ0) is 21.9. The molecule has 0 saturated carbocycles. The number of allylic oxidation sites excluding steroid dienone is 2. The number of fused-ring (bicyclic) bond motifs is 1. The smallest absolute Gasteiger partial charge is 0.150 e. The lowest BCUT2D eigenvalue weighted by Gasteiger charge is -2.16. The Labute approximate surface area is 188 Å². The number of rotatable bonds is 5. The first-order chi connectivity index (χ1) is 15.7. The Hall–Kier alpha value is -4.24. The molecule has 0 aromatic heterocycles. The highest BCUT2D eigenvalue weighted by Crippen LogP contribution is 2.30. The molecule has 0 radical (unpaired) electrons. The monoisotopic (exact) mass is 416 g/mol. The van der Waals surface area contributed by atoms with Crippen molar-refractivity contribution in [2.75, 3.05) is 5.73 Å². The maximum atomic E-state index is 5.99. The van der Waals surface area contributed by atoms with Crippen molar-refractivity contribution >= 4 is 22.2 Å². The number of anilines is 1. The first kappa shape index (κ1) is 19.7. The van der Waals surface area contributed by atoms with Gasteiger partial charge in [0.15, 0.2) is 0 Å². The third-order valence-electron chi connectivity index (χ3n) is 5.70. The second-order valence-corrected chi connectivity index (χ2v) is 7.85. The zero-order valence-corrected chi connectivity index (χ0v) is 17.7. The Morgan fingerprint density at radius 1 is 0.812 bits per heavy atom. The van der Waals surface area contributed by atoms with Crippen molar-refractivity contribution < 1.29 is 4.74 Å². The minimum atomic E-state index is 0.227. The molecule has 0 saturated heterocycles. The molecule has 3 heteroatoms. The van der Waals surface area contributed by atoms with Gasteiger partial charge in [-0.1, -0.05) is 79.4 Å². The van der Waals surface area contributed by atoms with Crippen molar-refractivity contribution in [2.24, 2.45) is 0 Å². The number of nitrogens with two attached hydrogens (primary N) is 1. The first-order valence-electron chi connectivity index (χ1n) is 10.6. The summed E-state index contributed by atoms with van der Waals surface area (Å²) >= 11 is 0. The van der Waals surface area contributed by atoms with Gasteiger partial charge in [-0.2, -0.15) is 0 Å². The van der Waals surface area contributed by atoms with Crippen LogP contribution >= 0.6 is 0 Å². The van der Waals surface area contributed by atoms with E-state index < -0.39 is 0 Å². The minimum Gasteiger partial charge on any atom is -0.455 e.